The maximum Gasteiger partial charge on any atom is 0.319 e. The highest BCUT2D eigenvalue weighted by Gasteiger charge is 2.40. The number of hydrogen-bond acceptors (Lipinski definition) is 10. The van der Waals surface area contributed by atoms with E-state index in [1.807, 2.05) is 81.2 Å². The molecule has 64 heavy (non-hydrogen) atoms. The lowest BCUT2D eigenvalue weighted by molar-refractivity contribution is -0.136. The summed E-state index contributed by atoms with van der Waals surface area (Å²) in [4.78, 5) is 74.6. The first-order valence-corrected chi connectivity index (χ1v) is 22.9. The van der Waals surface area contributed by atoms with Gasteiger partial charge in [0, 0.05) is 95.2 Å². The quantitative estimate of drug-likeness (QED) is 0.196. The molecule has 0 spiro atoms. The molecule has 3 aromatic carbocycles. The first kappa shape index (κ1) is 41.6. The lowest BCUT2D eigenvalue weighted by Crippen LogP contribution is -2.52. The Hall–Kier alpha value is -6.42. The molecule has 4 N–H and O–H groups in total. The highest BCUT2D eigenvalue weighted by molar-refractivity contribution is 6.06. The predicted molar refractivity (Wildman–Crippen MR) is 240 cm³/mol. The molecule has 16 heteroatoms. The van der Waals surface area contributed by atoms with Crippen LogP contribution in [0.4, 0.5) is 16.3 Å². The molecule has 0 bridgehead atoms. The summed E-state index contributed by atoms with van der Waals surface area (Å²) in [6.45, 7) is 8.76. The van der Waals surface area contributed by atoms with Crippen LogP contribution in [0.2, 0.25) is 0 Å². The van der Waals surface area contributed by atoms with Crippen LogP contribution in [0.3, 0.4) is 0 Å². The zero-order valence-electron chi connectivity index (χ0n) is 36.1. The van der Waals surface area contributed by atoms with Crippen LogP contribution in [0.1, 0.15) is 77.3 Å². The van der Waals surface area contributed by atoms with Gasteiger partial charge in [0.25, 0.3) is 11.8 Å². The maximum absolute atomic E-state index is 13.8. The third-order valence-corrected chi connectivity index (χ3v) is 14.3. The van der Waals surface area contributed by atoms with Crippen LogP contribution in [0.5, 0.6) is 11.5 Å². The number of piperazine rings is 1. The number of fused-ring (bicyclic) bond motifs is 2. The summed E-state index contributed by atoms with van der Waals surface area (Å²) in [5, 5.41) is 10.8. The van der Waals surface area contributed by atoms with Crippen molar-refractivity contribution >= 4 is 41.2 Å². The van der Waals surface area contributed by atoms with E-state index in [1.165, 1.54) is 0 Å². The standard InChI is InChI=1S/C48H56N10O6/c49-44(60)42-43(33-6-9-37(10-7-33)64-36-4-2-1-3-5-36)52-58-39(14-19-50-45(42)58)32-17-22-56(23-18-32)48(63)55-20-15-31(16-21-55)29-53-24-26-54(27-25-53)35-8-11-38-34(28-35)30-57(47(38)62)40-12-13-41(59)51-46(40)61/h1-11,28,31-32,39-40,50H,12-27,29-30H2,(H2,49,60)(H,51,59,61). The molecule has 4 aromatic rings. The van der Waals surface area contributed by atoms with Gasteiger partial charge in [0.15, 0.2) is 0 Å². The van der Waals surface area contributed by atoms with Crippen molar-refractivity contribution in [1.29, 1.82) is 0 Å². The Kier molecular flexibility index (Phi) is 11.5. The number of nitrogens with two attached hydrogens (primary N) is 1. The third kappa shape index (κ3) is 8.26. The summed E-state index contributed by atoms with van der Waals surface area (Å²) < 4.78 is 7.96. The van der Waals surface area contributed by atoms with Gasteiger partial charge in [0.2, 0.25) is 11.8 Å². The normalized spacial score (nSPS) is 22.2. The zero-order chi connectivity index (χ0) is 43.9. The third-order valence-electron chi connectivity index (χ3n) is 14.3. The largest absolute Gasteiger partial charge is 0.457 e. The fraction of sp³-hybridized carbons (Fsp3) is 0.458. The van der Waals surface area contributed by atoms with E-state index in [-0.39, 0.29) is 30.3 Å². The molecule has 0 radical (unpaired) electrons. The molecule has 7 heterocycles. The number of carbonyl (C=O) groups is 5. The van der Waals surface area contributed by atoms with Crippen molar-refractivity contribution in [3.63, 3.8) is 0 Å². The van der Waals surface area contributed by atoms with Crippen LogP contribution >= 0.6 is 0 Å². The van der Waals surface area contributed by atoms with Gasteiger partial charge < -0.3 is 35.4 Å². The van der Waals surface area contributed by atoms with E-state index in [2.05, 4.69) is 26.5 Å². The van der Waals surface area contributed by atoms with Crippen molar-refractivity contribution in [2.45, 2.75) is 63.6 Å². The zero-order valence-corrected chi connectivity index (χ0v) is 36.1. The van der Waals surface area contributed by atoms with Gasteiger partial charge in [-0.2, -0.15) is 5.10 Å². The Labute approximate surface area is 372 Å². The minimum absolute atomic E-state index is 0.0931. The molecule has 6 amide bonds. The van der Waals surface area contributed by atoms with Gasteiger partial charge in [-0.15, -0.1) is 0 Å². The van der Waals surface area contributed by atoms with Crippen molar-refractivity contribution < 1.29 is 28.7 Å². The minimum Gasteiger partial charge on any atom is -0.457 e. The van der Waals surface area contributed by atoms with E-state index in [4.69, 9.17) is 15.6 Å². The van der Waals surface area contributed by atoms with E-state index < -0.39 is 17.9 Å². The summed E-state index contributed by atoms with van der Waals surface area (Å²) in [5.74, 6) is 1.62. The number of urea groups is 1. The van der Waals surface area contributed by atoms with E-state index >= 15 is 0 Å². The Bertz CT molecular complexity index is 2420. The van der Waals surface area contributed by atoms with E-state index in [0.717, 1.165) is 107 Å². The molecule has 6 aliphatic rings. The SMILES string of the molecule is NC(=O)c1c(-c2ccc(Oc3ccccc3)cc2)nn2c1NCCC2C1CCN(C(=O)N2CCC(CN3CCN(c4ccc5c(c4)CN(C4CCC(=O)NC4=O)C5=O)CC3)CC2)CC1. The number of benzene rings is 3. The highest BCUT2D eigenvalue weighted by atomic mass is 16.5. The molecule has 0 saturated carbocycles. The van der Waals surface area contributed by atoms with Gasteiger partial charge in [-0.25, -0.2) is 9.48 Å². The maximum atomic E-state index is 13.8. The molecule has 0 aliphatic carbocycles. The number of ether oxygens (including phenoxy) is 1. The van der Waals surface area contributed by atoms with Crippen LogP contribution in [-0.2, 0) is 16.1 Å². The molecular weight excluding hydrogens is 813 g/mol. The number of anilines is 2. The summed E-state index contributed by atoms with van der Waals surface area (Å²) >= 11 is 0. The van der Waals surface area contributed by atoms with Crippen LogP contribution in [-0.4, -0.2) is 131 Å². The molecule has 4 fully saturated rings. The van der Waals surface area contributed by atoms with Gasteiger partial charge in [0.1, 0.15) is 34.6 Å². The number of imide groups is 1. The number of para-hydroxylation sites is 1. The smallest absolute Gasteiger partial charge is 0.319 e. The predicted octanol–water partition coefficient (Wildman–Crippen LogP) is 4.93. The number of nitrogens with one attached hydrogen (secondary N) is 2. The second kappa shape index (κ2) is 17.6. The number of likely N-dealkylation sites (tertiary alicyclic amines) is 2. The van der Waals surface area contributed by atoms with E-state index in [0.29, 0.717) is 66.3 Å². The van der Waals surface area contributed by atoms with Crippen molar-refractivity contribution in [3.05, 3.63) is 89.5 Å². The number of amides is 6. The number of carbonyl (C=O) groups excluding carboxylic acids is 5. The summed E-state index contributed by atoms with van der Waals surface area (Å²) in [5.41, 5.74) is 10.4. The fourth-order valence-corrected chi connectivity index (χ4v) is 10.8. The average Bonchev–Trinajstić information content (AvgIpc) is 3.88. The molecule has 6 aliphatic heterocycles. The van der Waals surface area contributed by atoms with Gasteiger partial charge in [0.05, 0.1) is 6.04 Å². The van der Waals surface area contributed by atoms with Crippen LogP contribution < -0.4 is 26.0 Å². The Morgan fingerprint density at radius 3 is 2.19 bits per heavy atom. The summed E-state index contributed by atoms with van der Waals surface area (Å²) in [6.07, 6.45) is 5.21. The van der Waals surface area contributed by atoms with Crippen LogP contribution in [0, 0.1) is 11.8 Å². The van der Waals surface area contributed by atoms with Gasteiger partial charge in [-0.05, 0) is 111 Å². The Morgan fingerprint density at radius 2 is 1.48 bits per heavy atom. The first-order valence-electron chi connectivity index (χ1n) is 22.9. The van der Waals surface area contributed by atoms with Gasteiger partial charge >= 0.3 is 6.03 Å². The van der Waals surface area contributed by atoms with Gasteiger partial charge in [-0.1, -0.05) is 18.2 Å². The number of rotatable bonds is 9. The molecule has 4 saturated heterocycles. The molecule has 16 nitrogen and oxygen atoms in total. The molecule has 2 unspecified atom stereocenters. The van der Waals surface area contributed by atoms with Crippen molar-refractivity contribution in [3.8, 4) is 22.8 Å². The van der Waals surface area contributed by atoms with E-state index in [9.17, 15) is 24.0 Å². The van der Waals surface area contributed by atoms with Gasteiger partial charge in [-0.3, -0.25) is 29.4 Å². The second-order valence-corrected chi connectivity index (χ2v) is 18.2. The second-order valence-electron chi connectivity index (χ2n) is 18.2. The fourth-order valence-electron chi connectivity index (χ4n) is 10.8. The number of piperidine rings is 3. The number of aromatic nitrogens is 2. The number of nitrogens with zero attached hydrogens (tertiary/aromatic N) is 7. The molecule has 2 atom stereocenters. The summed E-state index contributed by atoms with van der Waals surface area (Å²) in [7, 11) is 0. The Balaban J connectivity index is 0.685. The molecule has 334 valence electrons. The number of primary amides is 1. The van der Waals surface area contributed by atoms with Crippen LogP contribution in [0.15, 0.2) is 72.8 Å². The number of hydrogen-bond donors (Lipinski definition) is 3. The monoisotopic (exact) mass is 868 g/mol. The van der Waals surface area contributed by atoms with Crippen LogP contribution in [0.25, 0.3) is 11.3 Å². The highest BCUT2D eigenvalue weighted by Crippen LogP contribution is 2.41. The Morgan fingerprint density at radius 1 is 0.781 bits per heavy atom. The average molecular weight is 869 g/mol. The van der Waals surface area contributed by atoms with E-state index in [1.54, 1.807) is 4.90 Å². The minimum atomic E-state index is -0.612. The van der Waals surface area contributed by atoms with Crippen molar-refractivity contribution in [2.75, 3.05) is 75.7 Å². The lowest BCUT2D eigenvalue weighted by atomic mass is 9.87. The van der Waals surface area contributed by atoms with Crippen molar-refractivity contribution in [1.82, 2.24) is 34.7 Å². The topological polar surface area (TPSA) is 179 Å². The lowest BCUT2D eigenvalue weighted by Gasteiger charge is -2.42. The first-order chi connectivity index (χ1) is 31.2. The van der Waals surface area contributed by atoms with Crippen molar-refractivity contribution in [2.24, 2.45) is 17.6 Å². The molecule has 10 rings (SSSR count). The molecular formula is C48H56N10O6. The summed E-state index contributed by atoms with van der Waals surface area (Å²) in [6, 6.07) is 22.8. The molecule has 1 aromatic heterocycles.